The van der Waals surface area contributed by atoms with Crippen LogP contribution >= 0.6 is 0 Å². The summed E-state index contributed by atoms with van der Waals surface area (Å²) in [4.78, 5) is 33.9. The van der Waals surface area contributed by atoms with Gasteiger partial charge in [0.25, 0.3) is 5.91 Å². The van der Waals surface area contributed by atoms with Gasteiger partial charge in [0, 0.05) is 25.5 Å². The first kappa shape index (κ1) is 19.0. The first-order valence-electron chi connectivity index (χ1n) is 9.31. The number of anilines is 1. The van der Waals surface area contributed by atoms with E-state index >= 15 is 0 Å². The zero-order valence-electron chi connectivity index (χ0n) is 15.3. The number of hydrogen-bond acceptors (Lipinski definition) is 5. The molecule has 0 unspecified atom stereocenters. The van der Waals surface area contributed by atoms with Crippen LogP contribution < -0.4 is 11.1 Å². The molecule has 2 aromatic rings. The van der Waals surface area contributed by atoms with Gasteiger partial charge in [-0.15, -0.1) is 0 Å². The number of nitrogens with zero attached hydrogens (tertiary/aromatic N) is 3. The van der Waals surface area contributed by atoms with Crippen LogP contribution in [0.1, 0.15) is 35.3 Å². The lowest BCUT2D eigenvalue weighted by Crippen LogP contribution is -2.41. The number of nitrogens with two attached hydrogens (primary N) is 1. The second kappa shape index (κ2) is 9.23. The second-order valence-electron chi connectivity index (χ2n) is 6.79. The maximum absolute atomic E-state index is 12.2. The van der Waals surface area contributed by atoms with E-state index in [1.54, 1.807) is 30.6 Å². The van der Waals surface area contributed by atoms with Crippen molar-refractivity contribution in [2.24, 2.45) is 11.7 Å². The molecule has 0 atom stereocenters. The quantitative estimate of drug-likeness (QED) is 0.811. The monoisotopic (exact) mass is 367 g/mol. The smallest absolute Gasteiger partial charge is 0.275 e. The van der Waals surface area contributed by atoms with E-state index in [2.05, 4.69) is 15.3 Å². The zero-order valence-corrected chi connectivity index (χ0v) is 15.3. The van der Waals surface area contributed by atoms with Crippen molar-refractivity contribution in [3.63, 3.8) is 0 Å². The van der Waals surface area contributed by atoms with Crippen LogP contribution in [-0.4, -0.2) is 46.3 Å². The molecular weight excluding hydrogens is 342 g/mol. The summed E-state index contributed by atoms with van der Waals surface area (Å²) in [6.07, 6.45) is 7.31. The molecule has 2 aromatic heterocycles. The van der Waals surface area contributed by atoms with Crippen molar-refractivity contribution in [1.29, 1.82) is 0 Å². The van der Waals surface area contributed by atoms with Crippen molar-refractivity contribution in [1.82, 2.24) is 14.9 Å². The van der Waals surface area contributed by atoms with Crippen LogP contribution in [0.2, 0.25) is 0 Å². The normalized spacial score (nSPS) is 14.8. The van der Waals surface area contributed by atoms with Crippen LogP contribution in [0.15, 0.2) is 42.7 Å². The largest absolute Gasteiger partial charge is 0.342 e. The molecule has 3 rings (SSSR count). The minimum atomic E-state index is -0.266. The molecule has 7 nitrogen and oxygen atoms in total. The molecule has 0 aromatic carbocycles. The number of pyridine rings is 2. The molecule has 7 heteroatoms. The SMILES string of the molecule is NCC(=O)N1CCC(CCc2ccnc(NC(=O)c3ccccn3)c2)CC1. The maximum Gasteiger partial charge on any atom is 0.275 e. The fraction of sp³-hybridized carbons (Fsp3) is 0.400. The molecule has 2 amide bonds. The van der Waals surface area contributed by atoms with Crippen LogP contribution in [0, 0.1) is 5.92 Å². The van der Waals surface area contributed by atoms with Crippen LogP contribution in [0.25, 0.3) is 0 Å². The van der Waals surface area contributed by atoms with E-state index < -0.39 is 0 Å². The Kier molecular flexibility index (Phi) is 6.49. The Morgan fingerprint density at radius 3 is 2.67 bits per heavy atom. The molecule has 0 radical (unpaired) electrons. The number of aromatic nitrogens is 2. The number of carbonyl (C=O) groups is 2. The van der Waals surface area contributed by atoms with E-state index in [9.17, 15) is 9.59 Å². The highest BCUT2D eigenvalue weighted by molar-refractivity contribution is 6.02. The van der Waals surface area contributed by atoms with Crippen molar-refractivity contribution in [2.75, 3.05) is 25.0 Å². The van der Waals surface area contributed by atoms with Crippen molar-refractivity contribution in [3.05, 3.63) is 54.0 Å². The number of carbonyl (C=O) groups excluding carboxylic acids is 2. The number of rotatable bonds is 6. The Hall–Kier alpha value is -2.80. The molecule has 1 saturated heterocycles. The number of amides is 2. The summed E-state index contributed by atoms with van der Waals surface area (Å²) in [6, 6.07) is 9.10. The molecule has 0 spiro atoms. The van der Waals surface area contributed by atoms with Crippen LogP contribution in [0.4, 0.5) is 5.82 Å². The Bertz CT molecular complexity index is 773. The Morgan fingerprint density at radius 2 is 1.96 bits per heavy atom. The van der Waals surface area contributed by atoms with Crippen molar-refractivity contribution >= 4 is 17.6 Å². The Morgan fingerprint density at radius 1 is 1.15 bits per heavy atom. The predicted molar refractivity (Wildman–Crippen MR) is 103 cm³/mol. The van der Waals surface area contributed by atoms with E-state index in [1.807, 2.05) is 17.0 Å². The molecule has 27 heavy (non-hydrogen) atoms. The van der Waals surface area contributed by atoms with Gasteiger partial charge in [-0.1, -0.05) is 6.07 Å². The van der Waals surface area contributed by atoms with Gasteiger partial charge in [0.1, 0.15) is 11.5 Å². The van der Waals surface area contributed by atoms with E-state index in [0.29, 0.717) is 17.4 Å². The van der Waals surface area contributed by atoms with Gasteiger partial charge in [0.15, 0.2) is 0 Å². The van der Waals surface area contributed by atoms with Gasteiger partial charge in [-0.2, -0.15) is 0 Å². The van der Waals surface area contributed by atoms with Gasteiger partial charge in [0.2, 0.25) is 5.91 Å². The number of likely N-dealkylation sites (tertiary alicyclic amines) is 1. The molecule has 1 aliphatic rings. The highest BCUT2D eigenvalue weighted by atomic mass is 16.2. The molecule has 1 aliphatic heterocycles. The summed E-state index contributed by atoms with van der Waals surface area (Å²) in [7, 11) is 0. The maximum atomic E-state index is 12.2. The topological polar surface area (TPSA) is 101 Å². The van der Waals surface area contributed by atoms with Gasteiger partial charge in [-0.3, -0.25) is 14.6 Å². The average Bonchev–Trinajstić information content (AvgIpc) is 2.73. The van der Waals surface area contributed by atoms with Crippen LogP contribution in [0.5, 0.6) is 0 Å². The highest BCUT2D eigenvalue weighted by Crippen LogP contribution is 2.23. The minimum Gasteiger partial charge on any atom is -0.342 e. The number of piperidine rings is 1. The van der Waals surface area contributed by atoms with Gasteiger partial charge in [-0.25, -0.2) is 4.98 Å². The predicted octanol–water partition coefficient (Wildman–Crippen LogP) is 1.86. The Labute approximate surface area is 159 Å². The van der Waals surface area contributed by atoms with Gasteiger partial charge >= 0.3 is 0 Å². The van der Waals surface area contributed by atoms with Crippen LogP contribution in [-0.2, 0) is 11.2 Å². The summed E-state index contributed by atoms with van der Waals surface area (Å²) in [5.74, 6) is 0.908. The van der Waals surface area contributed by atoms with Crippen molar-refractivity contribution in [2.45, 2.75) is 25.7 Å². The summed E-state index contributed by atoms with van der Waals surface area (Å²) in [6.45, 7) is 1.68. The molecular formula is C20H25N5O2. The van der Waals surface area contributed by atoms with Crippen molar-refractivity contribution < 1.29 is 9.59 Å². The van der Waals surface area contributed by atoms with Gasteiger partial charge in [-0.05, 0) is 61.4 Å². The second-order valence-corrected chi connectivity index (χ2v) is 6.79. The number of nitrogens with one attached hydrogen (secondary N) is 1. The zero-order chi connectivity index (χ0) is 19.1. The molecule has 0 saturated carbocycles. The van der Waals surface area contributed by atoms with E-state index in [4.69, 9.17) is 5.73 Å². The van der Waals surface area contributed by atoms with E-state index in [1.165, 1.54) is 0 Å². The van der Waals surface area contributed by atoms with Gasteiger partial charge < -0.3 is 16.0 Å². The first-order chi connectivity index (χ1) is 13.2. The molecule has 0 aliphatic carbocycles. The number of hydrogen-bond donors (Lipinski definition) is 2. The highest BCUT2D eigenvalue weighted by Gasteiger charge is 2.21. The third kappa shape index (κ3) is 5.34. The van der Waals surface area contributed by atoms with Gasteiger partial charge in [0.05, 0.1) is 6.54 Å². The average molecular weight is 367 g/mol. The Balaban J connectivity index is 1.50. The lowest BCUT2D eigenvalue weighted by Gasteiger charge is -2.31. The van der Waals surface area contributed by atoms with E-state index in [-0.39, 0.29) is 18.4 Å². The molecule has 3 heterocycles. The lowest BCUT2D eigenvalue weighted by molar-refractivity contribution is -0.131. The fourth-order valence-electron chi connectivity index (χ4n) is 3.35. The van der Waals surface area contributed by atoms with Crippen molar-refractivity contribution in [3.8, 4) is 0 Å². The standard InChI is InChI=1S/C20H25N5O2/c21-14-19(26)25-11-7-15(8-12-25)4-5-16-6-10-23-18(13-16)24-20(27)17-3-1-2-9-22-17/h1-3,6,9-10,13,15H,4-5,7-8,11-12,14,21H2,(H,23,24,27). The summed E-state index contributed by atoms with van der Waals surface area (Å²) < 4.78 is 0. The lowest BCUT2D eigenvalue weighted by atomic mass is 9.90. The molecule has 1 fully saturated rings. The summed E-state index contributed by atoms with van der Waals surface area (Å²) >= 11 is 0. The third-order valence-corrected chi connectivity index (χ3v) is 4.95. The minimum absolute atomic E-state index is 0.0378. The van der Waals surface area contributed by atoms with E-state index in [0.717, 1.165) is 44.3 Å². The molecule has 3 N–H and O–H groups in total. The fourth-order valence-corrected chi connectivity index (χ4v) is 3.35. The molecule has 0 bridgehead atoms. The molecule has 142 valence electrons. The third-order valence-electron chi connectivity index (χ3n) is 4.95. The summed E-state index contributed by atoms with van der Waals surface area (Å²) in [5.41, 5.74) is 6.93. The summed E-state index contributed by atoms with van der Waals surface area (Å²) in [5, 5.41) is 2.79. The first-order valence-corrected chi connectivity index (χ1v) is 9.31. The number of aryl methyl sites for hydroxylation is 1. The van der Waals surface area contributed by atoms with Crippen LogP contribution in [0.3, 0.4) is 0 Å².